The zero-order chi connectivity index (χ0) is 9.26. The summed E-state index contributed by atoms with van der Waals surface area (Å²) in [7, 11) is 0. The number of nitrogens with two attached hydrogens (primary N) is 1. The van der Waals surface area contributed by atoms with Gasteiger partial charge in [0.2, 0.25) is 0 Å². The van der Waals surface area contributed by atoms with Crippen molar-refractivity contribution in [1.82, 2.24) is 9.38 Å². The SMILES string of the molecule is NC(CO)c1ncn2ccccc12. The number of imidazole rings is 1. The van der Waals surface area contributed by atoms with Gasteiger partial charge >= 0.3 is 0 Å². The molecule has 3 N–H and O–H groups in total. The predicted octanol–water partition coefficient (Wildman–Crippen LogP) is 0.326. The average molecular weight is 177 g/mol. The van der Waals surface area contributed by atoms with Gasteiger partial charge < -0.3 is 15.2 Å². The summed E-state index contributed by atoms with van der Waals surface area (Å²) in [6, 6.07) is 5.37. The Balaban J connectivity index is 2.57. The second kappa shape index (κ2) is 3.16. The highest BCUT2D eigenvalue weighted by atomic mass is 16.3. The molecule has 0 bridgehead atoms. The first-order chi connectivity index (χ1) is 6.33. The molecule has 0 aliphatic carbocycles. The second-order valence-electron chi connectivity index (χ2n) is 2.91. The first kappa shape index (κ1) is 8.22. The Bertz CT molecular complexity index is 410. The van der Waals surface area contributed by atoms with Gasteiger partial charge in [-0.05, 0) is 12.1 Å². The highest BCUT2D eigenvalue weighted by Crippen LogP contribution is 2.14. The van der Waals surface area contributed by atoms with Crippen molar-refractivity contribution in [3.63, 3.8) is 0 Å². The number of aromatic nitrogens is 2. The van der Waals surface area contributed by atoms with Gasteiger partial charge in [-0.1, -0.05) is 6.07 Å². The van der Waals surface area contributed by atoms with Crippen LogP contribution in [0.25, 0.3) is 5.52 Å². The fourth-order valence-corrected chi connectivity index (χ4v) is 1.34. The number of hydrogen-bond donors (Lipinski definition) is 2. The molecule has 13 heavy (non-hydrogen) atoms. The minimum absolute atomic E-state index is 0.0818. The third-order valence-corrected chi connectivity index (χ3v) is 2.02. The van der Waals surface area contributed by atoms with E-state index in [0.717, 1.165) is 11.2 Å². The third-order valence-electron chi connectivity index (χ3n) is 2.02. The summed E-state index contributed by atoms with van der Waals surface area (Å²) in [5.41, 5.74) is 7.37. The number of fused-ring (bicyclic) bond motifs is 1. The fraction of sp³-hybridized carbons (Fsp3) is 0.222. The molecule has 2 aromatic rings. The van der Waals surface area contributed by atoms with Gasteiger partial charge in [0.25, 0.3) is 0 Å². The highest BCUT2D eigenvalue weighted by molar-refractivity contribution is 5.52. The molecular weight excluding hydrogens is 166 g/mol. The minimum Gasteiger partial charge on any atom is -0.394 e. The van der Waals surface area contributed by atoms with E-state index in [4.69, 9.17) is 10.8 Å². The molecule has 2 heterocycles. The molecule has 4 nitrogen and oxygen atoms in total. The monoisotopic (exact) mass is 177 g/mol. The lowest BCUT2D eigenvalue weighted by Gasteiger charge is -2.04. The molecule has 0 aliphatic rings. The number of pyridine rings is 1. The van der Waals surface area contributed by atoms with E-state index in [2.05, 4.69) is 4.98 Å². The van der Waals surface area contributed by atoms with Crippen molar-refractivity contribution >= 4 is 5.52 Å². The first-order valence-electron chi connectivity index (χ1n) is 4.11. The van der Waals surface area contributed by atoms with Crippen LogP contribution in [0.3, 0.4) is 0 Å². The van der Waals surface area contributed by atoms with Crippen LogP contribution < -0.4 is 5.73 Å². The predicted molar refractivity (Wildman–Crippen MR) is 49.2 cm³/mol. The molecule has 0 spiro atoms. The molecule has 2 rings (SSSR count). The zero-order valence-electron chi connectivity index (χ0n) is 7.09. The van der Waals surface area contributed by atoms with Crippen molar-refractivity contribution < 1.29 is 5.11 Å². The molecule has 68 valence electrons. The largest absolute Gasteiger partial charge is 0.394 e. The van der Waals surface area contributed by atoms with Gasteiger partial charge in [-0.3, -0.25) is 0 Å². The minimum atomic E-state index is -0.396. The number of aliphatic hydroxyl groups is 1. The van der Waals surface area contributed by atoms with Crippen LogP contribution in [0.2, 0.25) is 0 Å². The van der Waals surface area contributed by atoms with Crippen molar-refractivity contribution in [2.75, 3.05) is 6.61 Å². The maximum Gasteiger partial charge on any atom is 0.0996 e. The molecule has 0 aromatic carbocycles. The van der Waals surface area contributed by atoms with E-state index in [9.17, 15) is 0 Å². The molecule has 0 fully saturated rings. The quantitative estimate of drug-likeness (QED) is 0.694. The Labute approximate surface area is 75.6 Å². The molecule has 2 aromatic heterocycles. The van der Waals surface area contributed by atoms with E-state index >= 15 is 0 Å². The molecule has 0 saturated heterocycles. The molecule has 1 atom stereocenters. The van der Waals surface area contributed by atoms with Crippen molar-refractivity contribution in [2.24, 2.45) is 5.73 Å². The summed E-state index contributed by atoms with van der Waals surface area (Å²) in [6.45, 7) is -0.0818. The van der Waals surface area contributed by atoms with Crippen LogP contribution >= 0.6 is 0 Å². The third kappa shape index (κ3) is 1.30. The molecule has 4 heteroatoms. The van der Waals surface area contributed by atoms with Crippen LogP contribution in [0.5, 0.6) is 0 Å². The van der Waals surface area contributed by atoms with Crippen LogP contribution in [0.15, 0.2) is 30.7 Å². The maximum absolute atomic E-state index is 8.89. The Hall–Kier alpha value is -1.39. The number of hydrogen-bond acceptors (Lipinski definition) is 3. The summed E-state index contributed by atoms with van der Waals surface area (Å²) in [6.07, 6.45) is 3.59. The van der Waals surface area contributed by atoms with Crippen molar-refractivity contribution in [3.05, 3.63) is 36.4 Å². The standard InChI is InChI=1S/C9H11N3O/c10-7(5-13)9-8-3-1-2-4-12(8)6-11-9/h1-4,6-7,13H,5,10H2. The average Bonchev–Trinajstić information content (AvgIpc) is 2.60. The van der Waals surface area contributed by atoms with E-state index in [1.165, 1.54) is 0 Å². The lowest BCUT2D eigenvalue weighted by Crippen LogP contribution is -2.15. The summed E-state index contributed by atoms with van der Waals surface area (Å²) >= 11 is 0. The van der Waals surface area contributed by atoms with E-state index in [1.54, 1.807) is 6.33 Å². The molecule has 0 amide bonds. The lowest BCUT2D eigenvalue weighted by atomic mass is 10.2. The van der Waals surface area contributed by atoms with Crippen LogP contribution in [-0.2, 0) is 0 Å². The van der Waals surface area contributed by atoms with Crippen LogP contribution in [0, 0.1) is 0 Å². The van der Waals surface area contributed by atoms with Gasteiger partial charge in [-0.25, -0.2) is 4.98 Å². The van der Waals surface area contributed by atoms with Crippen molar-refractivity contribution in [3.8, 4) is 0 Å². The summed E-state index contributed by atoms with van der Waals surface area (Å²) in [5.74, 6) is 0. The van der Waals surface area contributed by atoms with Crippen molar-refractivity contribution in [1.29, 1.82) is 0 Å². The van der Waals surface area contributed by atoms with Crippen LogP contribution in [0.1, 0.15) is 11.7 Å². The maximum atomic E-state index is 8.89. The number of rotatable bonds is 2. The second-order valence-corrected chi connectivity index (χ2v) is 2.91. The van der Waals surface area contributed by atoms with Gasteiger partial charge in [0, 0.05) is 6.20 Å². The molecule has 0 radical (unpaired) electrons. The van der Waals surface area contributed by atoms with Gasteiger partial charge in [0.05, 0.1) is 30.2 Å². The number of aliphatic hydroxyl groups excluding tert-OH is 1. The van der Waals surface area contributed by atoms with E-state index in [0.29, 0.717) is 0 Å². The molecular formula is C9H11N3O. The first-order valence-corrected chi connectivity index (χ1v) is 4.11. The Morgan fingerprint density at radius 3 is 3.15 bits per heavy atom. The number of nitrogens with zero attached hydrogens (tertiary/aromatic N) is 2. The van der Waals surface area contributed by atoms with Gasteiger partial charge in [0.1, 0.15) is 0 Å². The van der Waals surface area contributed by atoms with Gasteiger partial charge in [0.15, 0.2) is 0 Å². The van der Waals surface area contributed by atoms with E-state index < -0.39 is 6.04 Å². The normalized spacial score (nSPS) is 13.4. The van der Waals surface area contributed by atoms with Crippen LogP contribution in [-0.4, -0.2) is 21.1 Å². The molecule has 0 aliphatic heterocycles. The lowest BCUT2D eigenvalue weighted by molar-refractivity contribution is 0.267. The Morgan fingerprint density at radius 1 is 1.54 bits per heavy atom. The summed E-state index contributed by atoms with van der Waals surface area (Å²) in [4.78, 5) is 4.14. The summed E-state index contributed by atoms with van der Waals surface area (Å²) in [5, 5.41) is 8.89. The smallest absolute Gasteiger partial charge is 0.0996 e. The highest BCUT2D eigenvalue weighted by Gasteiger charge is 2.10. The Kier molecular flexibility index (Phi) is 2.00. The van der Waals surface area contributed by atoms with Gasteiger partial charge in [-0.15, -0.1) is 0 Å². The fourth-order valence-electron chi connectivity index (χ4n) is 1.34. The van der Waals surface area contributed by atoms with E-state index in [1.807, 2.05) is 28.8 Å². The molecule has 0 saturated carbocycles. The Morgan fingerprint density at radius 2 is 2.38 bits per heavy atom. The zero-order valence-corrected chi connectivity index (χ0v) is 7.09. The van der Waals surface area contributed by atoms with Gasteiger partial charge in [-0.2, -0.15) is 0 Å². The topological polar surface area (TPSA) is 63.5 Å². The van der Waals surface area contributed by atoms with Crippen LogP contribution in [0.4, 0.5) is 0 Å². The van der Waals surface area contributed by atoms with E-state index in [-0.39, 0.29) is 6.61 Å². The van der Waals surface area contributed by atoms with Crippen molar-refractivity contribution in [2.45, 2.75) is 6.04 Å². The molecule has 1 unspecified atom stereocenters. The summed E-state index contributed by atoms with van der Waals surface area (Å²) < 4.78 is 1.88.